The number of para-hydroxylation sites is 1. The summed E-state index contributed by atoms with van der Waals surface area (Å²) >= 11 is 0. The number of rotatable bonds is 8. The summed E-state index contributed by atoms with van der Waals surface area (Å²) in [4.78, 5) is 4.30. The van der Waals surface area contributed by atoms with Gasteiger partial charge in [0.05, 0.1) is 11.1 Å². The first kappa shape index (κ1) is 27.1. The van der Waals surface area contributed by atoms with Gasteiger partial charge in [-0.15, -0.1) is 0 Å². The largest absolute Gasteiger partial charge is 0.489 e. The summed E-state index contributed by atoms with van der Waals surface area (Å²) in [7, 11) is 0. The van der Waals surface area contributed by atoms with Crippen molar-refractivity contribution in [2.45, 2.75) is 19.2 Å². The summed E-state index contributed by atoms with van der Waals surface area (Å²) in [5, 5.41) is 0.440. The SMILES string of the molecule is FC(F)(F)c1cccc2c(-c3cccc(Oc4ccc(OCc5ccccc5)cc4)c3)c(Cc3ccccc3)cnc12. The molecule has 42 heavy (non-hydrogen) atoms. The van der Waals surface area contributed by atoms with Crippen LogP contribution >= 0.6 is 0 Å². The summed E-state index contributed by atoms with van der Waals surface area (Å²) in [6.07, 6.45) is -2.45. The number of hydrogen-bond donors (Lipinski definition) is 0. The normalized spacial score (nSPS) is 11.4. The highest BCUT2D eigenvalue weighted by molar-refractivity contribution is 5.98. The van der Waals surface area contributed by atoms with Crippen molar-refractivity contribution in [3.05, 3.63) is 156 Å². The Morgan fingerprint density at radius 1 is 0.619 bits per heavy atom. The van der Waals surface area contributed by atoms with Crippen LogP contribution in [0.4, 0.5) is 13.2 Å². The Morgan fingerprint density at radius 2 is 1.29 bits per heavy atom. The summed E-state index contributed by atoms with van der Waals surface area (Å²) in [5.41, 5.74) is 3.55. The molecular weight excluding hydrogens is 535 g/mol. The summed E-state index contributed by atoms with van der Waals surface area (Å²) in [6.45, 7) is 0.463. The minimum atomic E-state index is -4.52. The van der Waals surface area contributed by atoms with Crippen LogP contribution in [-0.2, 0) is 19.2 Å². The monoisotopic (exact) mass is 561 g/mol. The van der Waals surface area contributed by atoms with Gasteiger partial charge in [-0.25, -0.2) is 0 Å². The average molecular weight is 562 g/mol. The maximum Gasteiger partial charge on any atom is 0.418 e. The van der Waals surface area contributed by atoms with Gasteiger partial charge in [0, 0.05) is 11.6 Å². The second kappa shape index (κ2) is 11.8. The van der Waals surface area contributed by atoms with Gasteiger partial charge in [-0.2, -0.15) is 13.2 Å². The van der Waals surface area contributed by atoms with E-state index in [4.69, 9.17) is 9.47 Å². The van der Waals surface area contributed by atoms with E-state index in [1.54, 1.807) is 12.3 Å². The Bertz CT molecular complexity index is 1800. The van der Waals surface area contributed by atoms with Crippen molar-refractivity contribution >= 4 is 10.9 Å². The average Bonchev–Trinajstić information content (AvgIpc) is 3.01. The summed E-state index contributed by atoms with van der Waals surface area (Å²) < 4.78 is 53.7. The van der Waals surface area contributed by atoms with Gasteiger partial charge in [-0.3, -0.25) is 4.98 Å². The third-order valence-electron chi connectivity index (χ3n) is 6.95. The highest BCUT2D eigenvalue weighted by Crippen LogP contribution is 2.40. The van der Waals surface area contributed by atoms with Crippen LogP contribution in [-0.4, -0.2) is 4.98 Å². The van der Waals surface area contributed by atoms with Crippen LogP contribution in [0.2, 0.25) is 0 Å². The van der Waals surface area contributed by atoms with Crippen LogP contribution in [0.15, 0.2) is 134 Å². The van der Waals surface area contributed by atoms with Crippen LogP contribution in [0.3, 0.4) is 0 Å². The molecule has 6 aromatic rings. The van der Waals surface area contributed by atoms with E-state index in [1.807, 2.05) is 109 Å². The molecule has 208 valence electrons. The van der Waals surface area contributed by atoms with Crippen molar-refractivity contribution < 1.29 is 22.6 Å². The first-order valence-electron chi connectivity index (χ1n) is 13.5. The minimum absolute atomic E-state index is 0.0748. The summed E-state index contributed by atoms with van der Waals surface area (Å²) in [6, 6.07) is 38.7. The molecule has 0 aliphatic rings. The minimum Gasteiger partial charge on any atom is -0.489 e. The number of fused-ring (bicyclic) bond motifs is 1. The van der Waals surface area contributed by atoms with Crippen molar-refractivity contribution in [2.75, 3.05) is 0 Å². The Labute approximate surface area is 241 Å². The third kappa shape index (κ3) is 6.13. The van der Waals surface area contributed by atoms with Gasteiger partial charge in [-0.1, -0.05) is 84.9 Å². The molecule has 0 fully saturated rings. The molecule has 0 aliphatic carbocycles. The predicted molar refractivity (Wildman–Crippen MR) is 159 cm³/mol. The fraction of sp³-hybridized carbons (Fsp3) is 0.0833. The number of alkyl halides is 3. The lowest BCUT2D eigenvalue weighted by molar-refractivity contribution is -0.136. The van der Waals surface area contributed by atoms with Crippen LogP contribution in [0.1, 0.15) is 22.3 Å². The zero-order valence-corrected chi connectivity index (χ0v) is 22.5. The Balaban J connectivity index is 1.32. The highest BCUT2D eigenvalue weighted by atomic mass is 19.4. The van der Waals surface area contributed by atoms with Gasteiger partial charge in [0.25, 0.3) is 0 Å². The molecule has 6 rings (SSSR count). The number of benzene rings is 5. The van der Waals surface area contributed by atoms with Gasteiger partial charge in [-0.05, 0) is 76.7 Å². The predicted octanol–water partition coefficient (Wildman–Crippen LogP) is 9.88. The number of pyridine rings is 1. The van der Waals surface area contributed by atoms with Crippen molar-refractivity contribution in [2.24, 2.45) is 0 Å². The molecule has 0 N–H and O–H groups in total. The molecule has 0 saturated carbocycles. The van der Waals surface area contributed by atoms with Crippen molar-refractivity contribution in [1.29, 1.82) is 0 Å². The smallest absolute Gasteiger partial charge is 0.418 e. The number of aromatic nitrogens is 1. The molecule has 6 heteroatoms. The first-order chi connectivity index (χ1) is 20.4. The number of nitrogens with zero attached hydrogens (tertiary/aromatic N) is 1. The molecule has 0 spiro atoms. The van der Waals surface area contributed by atoms with E-state index in [2.05, 4.69) is 4.98 Å². The fourth-order valence-electron chi connectivity index (χ4n) is 4.98. The zero-order chi connectivity index (χ0) is 28.9. The summed E-state index contributed by atoms with van der Waals surface area (Å²) in [5.74, 6) is 1.89. The molecule has 5 aromatic carbocycles. The molecule has 0 saturated heterocycles. The molecule has 0 unspecified atom stereocenters. The van der Waals surface area contributed by atoms with Gasteiger partial charge in [0.2, 0.25) is 0 Å². The molecule has 0 bridgehead atoms. The number of halogens is 3. The zero-order valence-electron chi connectivity index (χ0n) is 22.5. The highest BCUT2D eigenvalue weighted by Gasteiger charge is 2.33. The van der Waals surface area contributed by atoms with E-state index in [-0.39, 0.29) is 5.52 Å². The van der Waals surface area contributed by atoms with E-state index < -0.39 is 11.7 Å². The van der Waals surface area contributed by atoms with Crippen LogP contribution < -0.4 is 9.47 Å². The van der Waals surface area contributed by atoms with Crippen LogP contribution in [0.5, 0.6) is 17.2 Å². The Hall–Kier alpha value is -5.10. The second-order valence-electron chi connectivity index (χ2n) is 9.90. The van der Waals surface area contributed by atoms with E-state index in [0.29, 0.717) is 41.2 Å². The second-order valence-corrected chi connectivity index (χ2v) is 9.90. The molecule has 0 amide bonds. The van der Waals surface area contributed by atoms with Crippen LogP contribution in [0.25, 0.3) is 22.0 Å². The molecular formula is C36H26F3NO2. The maximum absolute atomic E-state index is 13.9. The topological polar surface area (TPSA) is 31.4 Å². The van der Waals surface area contributed by atoms with Crippen molar-refractivity contribution in [3.8, 4) is 28.4 Å². The molecule has 0 radical (unpaired) electrons. The van der Waals surface area contributed by atoms with E-state index in [9.17, 15) is 13.2 Å². The molecule has 3 nitrogen and oxygen atoms in total. The van der Waals surface area contributed by atoms with Gasteiger partial charge < -0.3 is 9.47 Å². The number of hydrogen-bond acceptors (Lipinski definition) is 3. The number of ether oxygens (including phenoxy) is 2. The van der Waals surface area contributed by atoms with Crippen molar-refractivity contribution in [3.63, 3.8) is 0 Å². The van der Waals surface area contributed by atoms with Crippen molar-refractivity contribution in [1.82, 2.24) is 4.98 Å². The fourth-order valence-corrected chi connectivity index (χ4v) is 4.98. The molecule has 1 heterocycles. The van der Waals surface area contributed by atoms with E-state index >= 15 is 0 Å². The third-order valence-corrected chi connectivity index (χ3v) is 6.95. The molecule has 0 atom stereocenters. The van der Waals surface area contributed by atoms with Gasteiger partial charge in [0.15, 0.2) is 0 Å². The quantitative estimate of drug-likeness (QED) is 0.185. The lowest BCUT2D eigenvalue weighted by Gasteiger charge is -2.17. The standard InChI is InChI=1S/C36H26F3NO2/c37-36(38,39)33-16-8-15-32-34(28(23-40-35(32)33)21-25-9-3-1-4-10-25)27-13-7-14-31(22-27)42-30-19-17-29(18-20-30)41-24-26-11-5-2-6-12-26/h1-20,22-23H,21,24H2. The lowest BCUT2D eigenvalue weighted by atomic mass is 9.92. The van der Waals surface area contributed by atoms with E-state index in [1.165, 1.54) is 6.07 Å². The van der Waals surface area contributed by atoms with Crippen LogP contribution in [0, 0.1) is 0 Å². The van der Waals surface area contributed by atoms with Gasteiger partial charge in [0.1, 0.15) is 23.9 Å². The van der Waals surface area contributed by atoms with E-state index in [0.717, 1.165) is 28.3 Å². The lowest BCUT2D eigenvalue weighted by Crippen LogP contribution is -2.07. The maximum atomic E-state index is 13.9. The first-order valence-corrected chi connectivity index (χ1v) is 13.5. The Morgan fingerprint density at radius 3 is 2.00 bits per heavy atom. The molecule has 1 aromatic heterocycles. The Kier molecular flexibility index (Phi) is 7.60. The molecule has 0 aliphatic heterocycles. The van der Waals surface area contributed by atoms with Gasteiger partial charge >= 0.3 is 6.18 Å².